The first-order chi connectivity index (χ1) is 7.11. The van der Waals surface area contributed by atoms with Crippen LogP contribution in [-0.2, 0) is 9.59 Å². The van der Waals surface area contributed by atoms with Crippen LogP contribution in [0.2, 0.25) is 0 Å². The van der Waals surface area contributed by atoms with Crippen molar-refractivity contribution < 1.29 is 19.8 Å². The van der Waals surface area contributed by atoms with Gasteiger partial charge in [-0.3, -0.25) is 9.59 Å². The first-order valence-corrected chi connectivity index (χ1v) is 5.57. The number of carbonyl (C=O) groups is 2. The highest BCUT2D eigenvalue weighted by atomic mass is 16.4. The molecule has 3 saturated carbocycles. The lowest BCUT2D eigenvalue weighted by Crippen LogP contribution is -2.41. The molecule has 0 amide bonds. The van der Waals surface area contributed by atoms with Crippen LogP contribution in [-0.4, -0.2) is 22.2 Å². The zero-order valence-corrected chi connectivity index (χ0v) is 8.56. The number of hydrogen-bond acceptors (Lipinski definition) is 2. The monoisotopic (exact) mass is 212 g/mol. The highest BCUT2D eigenvalue weighted by Gasteiger charge is 2.48. The van der Waals surface area contributed by atoms with E-state index >= 15 is 0 Å². The minimum Gasteiger partial charge on any atom is -0.481 e. The molecule has 0 aromatic carbocycles. The van der Waals surface area contributed by atoms with Crippen molar-refractivity contribution >= 4 is 11.9 Å². The maximum atomic E-state index is 11.1. The molecule has 4 heteroatoms. The molecule has 3 aliphatic carbocycles. The van der Waals surface area contributed by atoms with Crippen molar-refractivity contribution in [3.63, 3.8) is 0 Å². The summed E-state index contributed by atoms with van der Waals surface area (Å²) in [5, 5.41) is 18.3. The van der Waals surface area contributed by atoms with Gasteiger partial charge in [0, 0.05) is 0 Å². The van der Waals surface area contributed by atoms with Gasteiger partial charge in [-0.05, 0) is 37.5 Å². The summed E-state index contributed by atoms with van der Waals surface area (Å²) in [4.78, 5) is 22.3. The van der Waals surface area contributed by atoms with Gasteiger partial charge in [0.2, 0.25) is 0 Å². The zero-order chi connectivity index (χ0) is 11.0. The van der Waals surface area contributed by atoms with Crippen LogP contribution >= 0.6 is 0 Å². The number of carboxylic acids is 2. The summed E-state index contributed by atoms with van der Waals surface area (Å²) in [5.41, 5.74) is 0. The molecule has 0 unspecified atom stereocenters. The lowest BCUT2D eigenvalue weighted by Gasteiger charge is -2.35. The fourth-order valence-electron chi connectivity index (χ4n) is 3.37. The number of fused-ring (bicyclic) bond motifs is 4. The summed E-state index contributed by atoms with van der Waals surface area (Å²) in [6.07, 6.45) is 4.55. The molecule has 0 aromatic heterocycles. The molecule has 0 aliphatic heterocycles. The Morgan fingerprint density at radius 2 is 1.20 bits per heavy atom. The van der Waals surface area contributed by atoms with Crippen molar-refractivity contribution in [3.05, 3.63) is 0 Å². The van der Waals surface area contributed by atoms with Crippen LogP contribution < -0.4 is 0 Å². The zero-order valence-electron chi connectivity index (χ0n) is 8.56. The van der Waals surface area contributed by atoms with Crippen molar-refractivity contribution in [2.24, 2.45) is 23.7 Å². The Labute approximate surface area is 88.3 Å². The van der Waals surface area contributed by atoms with E-state index in [4.69, 9.17) is 10.2 Å². The Morgan fingerprint density at radius 1 is 0.800 bits per heavy atom. The van der Waals surface area contributed by atoms with Crippen LogP contribution in [0.15, 0.2) is 0 Å². The van der Waals surface area contributed by atoms with E-state index in [1.165, 1.54) is 0 Å². The number of rotatable bonds is 2. The molecule has 4 nitrogen and oxygen atoms in total. The molecule has 0 heterocycles. The number of hydrogen-bond donors (Lipinski definition) is 2. The second-order valence-corrected chi connectivity index (χ2v) is 4.76. The van der Waals surface area contributed by atoms with E-state index in [2.05, 4.69) is 0 Å². The van der Waals surface area contributed by atoms with Crippen molar-refractivity contribution in [1.29, 1.82) is 0 Å². The molecule has 4 atom stereocenters. The fraction of sp³-hybridized carbons (Fsp3) is 0.818. The van der Waals surface area contributed by atoms with Gasteiger partial charge >= 0.3 is 11.9 Å². The first-order valence-electron chi connectivity index (χ1n) is 5.57. The summed E-state index contributed by atoms with van der Waals surface area (Å²) < 4.78 is 0. The van der Waals surface area contributed by atoms with Crippen LogP contribution in [0.25, 0.3) is 0 Å². The van der Waals surface area contributed by atoms with Gasteiger partial charge in [-0.25, -0.2) is 0 Å². The standard InChI is InChI=1S/C11H16O4/c12-10(13)8-6-2-1-3-7(5-4-6)9(8)11(14)15/h6-9H,1-5H2,(H,12,13)(H,14,15)/t6-,7+,8+,9-. The second-order valence-electron chi connectivity index (χ2n) is 4.76. The van der Waals surface area contributed by atoms with Gasteiger partial charge < -0.3 is 10.2 Å². The van der Waals surface area contributed by atoms with Crippen molar-refractivity contribution in [2.45, 2.75) is 32.1 Å². The van der Waals surface area contributed by atoms with E-state index in [1.54, 1.807) is 0 Å². The molecule has 2 bridgehead atoms. The smallest absolute Gasteiger partial charge is 0.307 e. The van der Waals surface area contributed by atoms with Gasteiger partial charge in [0.1, 0.15) is 0 Å². The molecule has 15 heavy (non-hydrogen) atoms. The van der Waals surface area contributed by atoms with E-state index in [0.717, 1.165) is 32.1 Å². The van der Waals surface area contributed by atoms with Gasteiger partial charge in [0.15, 0.2) is 0 Å². The highest BCUT2D eigenvalue weighted by Crippen LogP contribution is 2.46. The largest absolute Gasteiger partial charge is 0.481 e. The average Bonchev–Trinajstić information content (AvgIpc) is 2.48. The van der Waals surface area contributed by atoms with Gasteiger partial charge in [-0.2, -0.15) is 0 Å². The summed E-state index contributed by atoms with van der Waals surface area (Å²) in [7, 11) is 0. The van der Waals surface area contributed by atoms with Crippen molar-refractivity contribution in [1.82, 2.24) is 0 Å². The molecular formula is C11H16O4. The predicted octanol–water partition coefficient (Wildman–Crippen LogP) is 1.60. The Bertz CT molecular complexity index is 254. The van der Waals surface area contributed by atoms with E-state index in [9.17, 15) is 9.59 Å². The second kappa shape index (κ2) is 3.83. The van der Waals surface area contributed by atoms with E-state index in [0.29, 0.717) is 0 Å². The third kappa shape index (κ3) is 1.73. The van der Waals surface area contributed by atoms with E-state index in [1.807, 2.05) is 0 Å². The fourth-order valence-corrected chi connectivity index (χ4v) is 3.37. The van der Waals surface area contributed by atoms with Gasteiger partial charge in [0.25, 0.3) is 0 Å². The third-order valence-corrected chi connectivity index (χ3v) is 4.03. The summed E-state index contributed by atoms with van der Waals surface area (Å²) in [6, 6.07) is 0. The van der Waals surface area contributed by atoms with E-state index < -0.39 is 23.8 Å². The van der Waals surface area contributed by atoms with Crippen LogP contribution in [0.5, 0.6) is 0 Å². The third-order valence-electron chi connectivity index (χ3n) is 4.03. The van der Waals surface area contributed by atoms with Gasteiger partial charge in [-0.15, -0.1) is 0 Å². The minimum atomic E-state index is -0.918. The quantitative estimate of drug-likeness (QED) is 0.729. The molecule has 3 rings (SSSR count). The molecule has 3 aliphatic rings. The van der Waals surface area contributed by atoms with Crippen LogP contribution in [0.3, 0.4) is 0 Å². The molecule has 0 saturated heterocycles. The van der Waals surface area contributed by atoms with Gasteiger partial charge in [-0.1, -0.05) is 6.42 Å². The normalized spacial score (nSPS) is 39.7. The summed E-state index contributed by atoms with van der Waals surface area (Å²) in [6.45, 7) is 0. The van der Waals surface area contributed by atoms with Crippen LogP contribution in [0, 0.1) is 23.7 Å². The molecule has 0 radical (unpaired) electrons. The number of aliphatic carboxylic acids is 2. The first kappa shape index (κ1) is 10.5. The van der Waals surface area contributed by atoms with Crippen LogP contribution in [0.4, 0.5) is 0 Å². The average molecular weight is 212 g/mol. The molecule has 0 aromatic rings. The highest BCUT2D eigenvalue weighted by molar-refractivity contribution is 5.80. The SMILES string of the molecule is O=C(O)[C@@H]1[C@H]2CCC[C@H](CC2)[C@@H]1C(=O)O. The Balaban J connectivity index is 2.31. The lowest BCUT2D eigenvalue weighted by molar-refractivity contribution is -0.160. The maximum Gasteiger partial charge on any atom is 0.307 e. The molecule has 0 spiro atoms. The van der Waals surface area contributed by atoms with Crippen molar-refractivity contribution in [2.75, 3.05) is 0 Å². The Kier molecular flexibility index (Phi) is 2.67. The predicted molar refractivity (Wildman–Crippen MR) is 52.3 cm³/mol. The molecule has 84 valence electrons. The topological polar surface area (TPSA) is 74.6 Å². The summed E-state index contributed by atoms with van der Waals surface area (Å²) >= 11 is 0. The number of carboxylic acid groups (broad SMARTS) is 2. The van der Waals surface area contributed by atoms with Crippen LogP contribution in [0.1, 0.15) is 32.1 Å². The minimum absolute atomic E-state index is 0.0855. The Morgan fingerprint density at radius 3 is 1.53 bits per heavy atom. The van der Waals surface area contributed by atoms with E-state index in [-0.39, 0.29) is 11.8 Å². The molecular weight excluding hydrogens is 196 g/mol. The van der Waals surface area contributed by atoms with Gasteiger partial charge in [0.05, 0.1) is 11.8 Å². The molecule has 2 N–H and O–H groups in total. The summed E-state index contributed by atoms with van der Waals surface area (Å²) in [5.74, 6) is -2.96. The Hall–Kier alpha value is -1.06. The lowest BCUT2D eigenvalue weighted by atomic mass is 9.68. The van der Waals surface area contributed by atoms with Crippen molar-refractivity contribution in [3.8, 4) is 0 Å². The molecule has 3 fully saturated rings. The maximum absolute atomic E-state index is 11.1.